The van der Waals surface area contributed by atoms with E-state index in [1.54, 1.807) is 4.68 Å². The molecule has 5 heteroatoms. The molecule has 84 valence electrons. The Morgan fingerprint density at radius 3 is 2.44 bits per heavy atom. The van der Waals surface area contributed by atoms with E-state index in [0.717, 1.165) is 28.6 Å². The summed E-state index contributed by atoms with van der Waals surface area (Å²) < 4.78 is 1.76. The van der Waals surface area contributed by atoms with Gasteiger partial charge >= 0.3 is 0 Å². The van der Waals surface area contributed by atoms with Crippen molar-refractivity contribution in [1.82, 2.24) is 19.7 Å². The highest BCUT2D eigenvalue weighted by atomic mass is 15.3. The van der Waals surface area contributed by atoms with Crippen LogP contribution in [0.2, 0.25) is 0 Å². The number of aryl methyl sites for hydroxylation is 3. The molecule has 0 radical (unpaired) electrons. The van der Waals surface area contributed by atoms with E-state index in [4.69, 9.17) is 0 Å². The molecule has 0 amide bonds. The lowest BCUT2D eigenvalue weighted by molar-refractivity contribution is 0.769. The fraction of sp³-hybridized carbons (Fsp3) is 0.364. The van der Waals surface area contributed by atoms with Gasteiger partial charge in [-0.05, 0) is 19.9 Å². The van der Waals surface area contributed by atoms with Crippen LogP contribution in [-0.4, -0.2) is 26.8 Å². The van der Waals surface area contributed by atoms with Crippen molar-refractivity contribution in [2.45, 2.75) is 13.8 Å². The zero-order valence-corrected chi connectivity index (χ0v) is 9.94. The number of nitrogens with zero attached hydrogens (tertiary/aromatic N) is 4. The molecule has 0 saturated carbocycles. The van der Waals surface area contributed by atoms with Gasteiger partial charge in [0.25, 0.3) is 0 Å². The summed E-state index contributed by atoms with van der Waals surface area (Å²) in [5.41, 5.74) is 3.50. The molecule has 2 aromatic rings. The van der Waals surface area contributed by atoms with E-state index < -0.39 is 0 Å². The molecule has 2 aromatic heterocycles. The van der Waals surface area contributed by atoms with Crippen LogP contribution in [0.4, 0.5) is 5.82 Å². The maximum Gasteiger partial charge on any atom is 0.154 e. The first-order valence-electron chi connectivity index (χ1n) is 5.15. The van der Waals surface area contributed by atoms with Crippen molar-refractivity contribution >= 4 is 5.82 Å². The van der Waals surface area contributed by atoms with Gasteiger partial charge in [0.05, 0.1) is 11.4 Å². The molecule has 5 nitrogen and oxygen atoms in total. The van der Waals surface area contributed by atoms with Gasteiger partial charge in [0, 0.05) is 20.3 Å². The third kappa shape index (κ3) is 1.76. The summed E-state index contributed by atoms with van der Waals surface area (Å²) in [6, 6.07) is 1.93. The molecule has 0 aliphatic rings. The number of anilines is 1. The first-order valence-corrected chi connectivity index (χ1v) is 5.15. The van der Waals surface area contributed by atoms with Gasteiger partial charge in [-0.2, -0.15) is 5.10 Å². The summed E-state index contributed by atoms with van der Waals surface area (Å²) in [5, 5.41) is 7.38. The smallest absolute Gasteiger partial charge is 0.154 e. The van der Waals surface area contributed by atoms with E-state index >= 15 is 0 Å². The van der Waals surface area contributed by atoms with Gasteiger partial charge in [0.1, 0.15) is 11.4 Å². The third-order valence-electron chi connectivity index (χ3n) is 2.50. The van der Waals surface area contributed by atoms with E-state index in [2.05, 4.69) is 20.4 Å². The Balaban J connectivity index is 2.59. The lowest BCUT2D eigenvalue weighted by atomic mass is 10.2. The summed E-state index contributed by atoms with van der Waals surface area (Å²) in [5.74, 6) is 0.766. The first-order chi connectivity index (χ1) is 7.61. The fourth-order valence-corrected chi connectivity index (χ4v) is 1.50. The second-order valence-electron chi connectivity index (χ2n) is 3.72. The molecule has 2 heterocycles. The Hall–Kier alpha value is -1.91. The molecule has 16 heavy (non-hydrogen) atoms. The predicted octanol–water partition coefficient (Wildman–Crippen LogP) is 1.54. The zero-order valence-electron chi connectivity index (χ0n) is 9.94. The second kappa shape index (κ2) is 3.92. The molecule has 0 saturated heterocycles. The van der Waals surface area contributed by atoms with Crippen LogP contribution in [0.15, 0.2) is 12.3 Å². The summed E-state index contributed by atoms with van der Waals surface area (Å²) in [7, 11) is 3.72. The van der Waals surface area contributed by atoms with Crippen molar-refractivity contribution in [2.24, 2.45) is 7.05 Å². The third-order valence-corrected chi connectivity index (χ3v) is 2.50. The van der Waals surface area contributed by atoms with Gasteiger partial charge in [-0.15, -0.1) is 0 Å². The van der Waals surface area contributed by atoms with Crippen LogP contribution in [0.25, 0.3) is 11.4 Å². The van der Waals surface area contributed by atoms with E-state index in [-0.39, 0.29) is 0 Å². The number of nitrogens with one attached hydrogen (secondary N) is 1. The molecule has 0 atom stereocenters. The maximum absolute atomic E-state index is 4.53. The molecule has 0 aromatic carbocycles. The first kappa shape index (κ1) is 10.6. The van der Waals surface area contributed by atoms with Crippen LogP contribution in [0.1, 0.15) is 11.4 Å². The normalized spacial score (nSPS) is 10.5. The number of aromatic nitrogens is 4. The maximum atomic E-state index is 4.53. The van der Waals surface area contributed by atoms with Crippen LogP contribution in [0.5, 0.6) is 0 Å². The number of rotatable bonds is 2. The van der Waals surface area contributed by atoms with Gasteiger partial charge in [-0.1, -0.05) is 0 Å². The SMILES string of the molecule is CNc1nc(C)c(C)nc1-c1ccn(C)n1. The Labute approximate surface area is 94.5 Å². The second-order valence-corrected chi connectivity index (χ2v) is 3.72. The quantitative estimate of drug-likeness (QED) is 0.829. The summed E-state index contributed by atoms with van der Waals surface area (Å²) in [6.45, 7) is 3.90. The largest absolute Gasteiger partial charge is 0.371 e. The average Bonchev–Trinajstić information content (AvgIpc) is 2.68. The highest BCUT2D eigenvalue weighted by molar-refractivity contribution is 5.68. The highest BCUT2D eigenvalue weighted by Crippen LogP contribution is 2.23. The average molecular weight is 217 g/mol. The van der Waals surface area contributed by atoms with Crippen molar-refractivity contribution in [3.63, 3.8) is 0 Å². The van der Waals surface area contributed by atoms with Gasteiger partial charge < -0.3 is 5.32 Å². The Kier molecular flexibility index (Phi) is 2.60. The zero-order chi connectivity index (χ0) is 11.7. The Bertz CT molecular complexity index is 515. The van der Waals surface area contributed by atoms with E-state index in [1.807, 2.05) is 40.2 Å². The molecule has 0 aliphatic heterocycles. The summed E-state index contributed by atoms with van der Waals surface area (Å²) in [4.78, 5) is 8.98. The minimum absolute atomic E-state index is 0.766. The van der Waals surface area contributed by atoms with Gasteiger partial charge in [0.2, 0.25) is 0 Å². The van der Waals surface area contributed by atoms with Crippen LogP contribution in [-0.2, 0) is 7.05 Å². The van der Waals surface area contributed by atoms with Crippen molar-refractivity contribution in [3.05, 3.63) is 23.7 Å². The monoisotopic (exact) mass is 217 g/mol. The van der Waals surface area contributed by atoms with Crippen LogP contribution in [0.3, 0.4) is 0 Å². The Morgan fingerprint density at radius 1 is 1.19 bits per heavy atom. The van der Waals surface area contributed by atoms with Gasteiger partial charge in [0.15, 0.2) is 5.82 Å². The molecular weight excluding hydrogens is 202 g/mol. The van der Waals surface area contributed by atoms with Gasteiger partial charge in [-0.25, -0.2) is 9.97 Å². The predicted molar refractivity (Wildman–Crippen MR) is 63.3 cm³/mol. The minimum atomic E-state index is 0.766. The number of hydrogen-bond donors (Lipinski definition) is 1. The summed E-state index contributed by atoms with van der Waals surface area (Å²) >= 11 is 0. The van der Waals surface area contributed by atoms with E-state index in [1.165, 1.54) is 0 Å². The standard InChI is InChI=1S/C11H15N5/c1-7-8(2)14-11(12-3)10(13-7)9-5-6-16(4)15-9/h5-6H,1-4H3,(H,12,14). The number of hydrogen-bond acceptors (Lipinski definition) is 4. The van der Waals surface area contributed by atoms with Crippen molar-refractivity contribution in [1.29, 1.82) is 0 Å². The van der Waals surface area contributed by atoms with Crippen molar-refractivity contribution in [3.8, 4) is 11.4 Å². The van der Waals surface area contributed by atoms with E-state index in [0.29, 0.717) is 0 Å². The van der Waals surface area contributed by atoms with Crippen LogP contribution < -0.4 is 5.32 Å². The highest BCUT2D eigenvalue weighted by Gasteiger charge is 2.12. The molecule has 1 N–H and O–H groups in total. The van der Waals surface area contributed by atoms with Crippen molar-refractivity contribution < 1.29 is 0 Å². The molecule has 0 spiro atoms. The minimum Gasteiger partial charge on any atom is -0.371 e. The van der Waals surface area contributed by atoms with Crippen molar-refractivity contribution in [2.75, 3.05) is 12.4 Å². The fourth-order valence-electron chi connectivity index (χ4n) is 1.50. The topological polar surface area (TPSA) is 55.6 Å². The molecule has 0 aliphatic carbocycles. The molecule has 2 rings (SSSR count). The molecular formula is C11H15N5. The van der Waals surface area contributed by atoms with Crippen LogP contribution in [0, 0.1) is 13.8 Å². The lowest BCUT2D eigenvalue weighted by Crippen LogP contribution is -2.03. The van der Waals surface area contributed by atoms with E-state index in [9.17, 15) is 0 Å². The Morgan fingerprint density at radius 2 is 1.88 bits per heavy atom. The van der Waals surface area contributed by atoms with Gasteiger partial charge in [-0.3, -0.25) is 4.68 Å². The summed E-state index contributed by atoms with van der Waals surface area (Å²) in [6.07, 6.45) is 1.89. The lowest BCUT2D eigenvalue weighted by Gasteiger charge is -2.08. The molecule has 0 unspecified atom stereocenters. The molecule has 0 fully saturated rings. The van der Waals surface area contributed by atoms with Crippen LogP contribution >= 0.6 is 0 Å². The molecule has 0 bridgehead atoms.